The van der Waals surface area contributed by atoms with Crippen molar-refractivity contribution in [2.75, 3.05) is 0 Å². The van der Waals surface area contributed by atoms with Gasteiger partial charge in [-0.3, -0.25) is 9.89 Å². The number of aldehydes is 1. The molecule has 0 amide bonds. The van der Waals surface area contributed by atoms with E-state index in [4.69, 9.17) is 4.52 Å². The van der Waals surface area contributed by atoms with Crippen molar-refractivity contribution >= 4 is 6.29 Å². The van der Waals surface area contributed by atoms with Crippen LogP contribution in [-0.2, 0) is 0 Å². The van der Waals surface area contributed by atoms with E-state index < -0.39 is 0 Å². The second-order valence-corrected chi connectivity index (χ2v) is 2.20. The van der Waals surface area contributed by atoms with Gasteiger partial charge in [0.2, 0.25) is 0 Å². The van der Waals surface area contributed by atoms with Crippen LogP contribution in [0.15, 0.2) is 23.0 Å². The molecule has 2 heterocycles. The number of carbonyl (C=O) groups is 1. The lowest BCUT2D eigenvalue weighted by Crippen LogP contribution is -1.80. The molecule has 60 valence electrons. The van der Waals surface area contributed by atoms with Crippen LogP contribution in [0.2, 0.25) is 0 Å². The first kappa shape index (κ1) is 6.78. The van der Waals surface area contributed by atoms with Crippen molar-refractivity contribution in [1.29, 1.82) is 0 Å². The van der Waals surface area contributed by atoms with Crippen LogP contribution in [0.25, 0.3) is 11.5 Å². The second kappa shape index (κ2) is 2.61. The Morgan fingerprint density at radius 1 is 1.58 bits per heavy atom. The fourth-order valence-electron chi connectivity index (χ4n) is 0.918. The number of nitrogens with one attached hydrogen (secondary N) is 1. The molecule has 0 atom stereocenters. The largest absolute Gasteiger partial charge is 0.354 e. The first-order valence-corrected chi connectivity index (χ1v) is 3.31. The minimum absolute atomic E-state index is 0.416. The highest BCUT2D eigenvalue weighted by Crippen LogP contribution is 2.18. The summed E-state index contributed by atoms with van der Waals surface area (Å²) in [6.07, 6.45) is 3.63. The molecule has 0 aromatic carbocycles. The molecule has 2 aromatic heterocycles. The summed E-state index contributed by atoms with van der Waals surface area (Å²) in [6.45, 7) is 0. The topological polar surface area (TPSA) is 71.8 Å². The number of nitrogens with zero attached hydrogens (tertiary/aromatic N) is 2. The van der Waals surface area contributed by atoms with Gasteiger partial charge in [0, 0.05) is 6.20 Å². The molecule has 0 aliphatic rings. The summed E-state index contributed by atoms with van der Waals surface area (Å²) in [5, 5.41) is 9.89. The summed E-state index contributed by atoms with van der Waals surface area (Å²) in [6, 6.07) is 1.70. The minimum Gasteiger partial charge on any atom is -0.354 e. The molecule has 0 radical (unpaired) electrons. The Hall–Kier alpha value is -1.91. The van der Waals surface area contributed by atoms with Crippen LogP contribution < -0.4 is 0 Å². The van der Waals surface area contributed by atoms with E-state index in [2.05, 4.69) is 15.4 Å². The molecule has 0 aliphatic carbocycles. The number of aromatic nitrogens is 3. The Balaban J connectivity index is 2.53. The summed E-state index contributed by atoms with van der Waals surface area (Å²) in [5.41, 5.74) is 1.06. The zero-order chi connectivity index (χ0) is 8.39. The maximum absolute atomic E-state index is 10.4. The fraction of sp³-hybridized carbons (Fsp3) is 0. The van der Waals surface area contributed by atoms with Gasteiger partial charge < -0.3 is 4.52 Å². The molecule has 0 spiro atoms. The van der Waals surface area contributed by atoms with Crippen molar-refractivity contribution in [1.82, 2.24) is 15.4 Å². The monoisotopic (exact) mass is 163 g/mol. The molecule has 0 aliphatic heterocycles. The lowest BCUT2D eigenvalue weighted by Gasteiger charge is -1.87. The van der Waals surface area contributed by atoms with Crippen LogP contribution in [-0.4, -0.2) is 21.6 Å². The highest BCUT2D eigenvalue weighted by Gasteiger charge is 2.09. The van der Waals surface area contributed by atoms with Crippen LogP contribution in [0.5, 0.6) is 0 Å². The van der Waals surface area contributed by atoms with E-state index in [0.717, 1.165) is 0 Å². The standard InChI is InChI=1S/C7H5N3O2/c11-4-5-3-9-12-7(5)6-1-2-8-10-6/h1-4H,(H,8,10). The summed E-state index contributed by atoms with van der Waals surface area (Å²) < 4.78 is 4.85. The Morgan fingerprint density at radius 3 is 3.17 bits per heavy atom. The van der Waals surface area contributed by atoms with Gasteiger partial charge in [-0.15, -0.1) is 0 Å². The van der Waals surface area contributed by atoms with Crippen molar-refractivity contribution < 1.29 is 9.32 Å². The average molecular weight is 163 g/mol. The second-order valence-electron chi connectivity index (χ2n) is 2.20. The fourth-order valence-corrected chi connectivity index (χ4v) is 0.918. The van der Waals surface area contributed by atoms with Crippen LogP contribution in [0.3, 0.4) is 0 Å². The van der Waals surface area contributed by atoms with Gasteiger partial charge in [-0.2, -0.15) is 5.10 Å². The van der Waals surface area contributed by atoms with E-state index in [9.17, 15) is 4.79 Å². The zero-order valence-corrected chi connectivity index (χ0v) is 6.02. The molecule has 0 bridgehead atoms. The lowest BCUT2D eigenvalue weighted by molar-refractivity contribution is 0.112. The van der Waals surface area contributed by atoms with Gasteiger partial charge in [0.05, 0.1) is 11.8 Å². The van der Waals surface area contributed by atoms with E-state index in [1.165, 1.54) is 6.20 Å². The zero-order valence-electron chi connectivity index (χ0n) is 6.02. The predicted molar refractivity (Wildman–Crippen MR) is 39.5 cm³/mol. The van der Waals surface area contributed by atoms with E-state index >= 15 is 0 Å². The van der Waals surface area contributed by atoms with Gasteiger partial charge in [0.1, 0.15) is 5.69 Å². The molecule has 2 aromatic rings. The Bertz CT molecular complexity index is 377. The summed E-state index contributed by atoms with van der Waals surface area (Å²) in [4.78, 5) is 10.4. The molecular weight excluding hydrogens is 158 g/mol. The molecule has 5 nitrogen and oxygen atoms in total. The smallest absolute Gasteiger partial charge is 0.195 e. The molecular formula is C7H5N3O2. The van der Waals surface area contributed by atoms with E-state index in [1.54, 1.807) is 12.3 Å². The van der Waals surface area contributed by atoms with E-state index in [1.807, 2.05) is 0 Å². The van der Waals surface area contributed by atoms with Crippen molar-refractivity contribution in [2.45, 2.75) is 0 Å². The molecule has 5 heteroatoms. The SMILES string of the molecule is O=Cc1cnoc1-c1ccn[nH]1. The molecule has 0 saturated carbocycles. The third kappa shape index (κ3) is 0.914. The number of rotatable bonds is 2. The van der Waals surface area contributed by atoms with Gasteiger partial charge in [-0.25, -0.2) is 0 Å². The maximum atomic E-state index is 10.4. The third-order valence-corrected chi connectivity index (χ3v) is 1.47. The van der Waals surface area contributed by atoms with Crippen LogP contribution in [0, 0.1) is 0 Å². The quantitative estimate of drug-likeness (QED) is 0.667. The van der Waals surface area contributed by atoms with Gasteiger partial charge in [0.15, 0.2) is 12.0 Å². The molecule has 1 N–H and O–H groups in total. The van der Waals surface area contributed by atoms with Gasteiger partial charge in [-0.1, -0.05) is 5.16 Å². The lowest BCUT2D eigenvalue weighted by atomic mass is 10.2. The number of aromatic amines is 1. The van der Waals surface area contributed by atoms with Gasteiger partial charge >= 0.3 is 0 Å². The number of carbonyl (C=O) groups excluding carboxylic acids is 1. The molecule has 0 fully saturated rings. The van der Waals surface area contributed by atoms with E-state index in [-0.39, 0.29) is 0 Å². The highest BCUT2D eigenvalue weighted by molar-refractivity contribution is 5.83. The molecule has 2 rings (SSSR count). The van der Waals surface area contributed by atoms with Crippen molar-refractivity contribution in [2.24, 2.45) is 0 Å². The number of H-pyrrole nitrogens is 1. The molecule has 0 saturated heterocycles. The van der Waals surface area contributed by atoms with Crippen molar-refractivity contribution in [3.63, 3.8) is 0 Å². The summed E-state index contributed by atoms with van der Waals surface area (Å²) in [7, 11) is 0. The van der Waals surface area contributed by atoms with E-state index in [0.29, 0.717) is 23.3 Å². The Kier molecular flexibility index (Phi) is 1.48. The number of hydrogen-bond donors (Lipinski definition) is 1. The van der Waals surface area contributed by atoms with Crippen LogP contribution in [0.4, 0.5) is 0 Å². The maximum Gasteiger partial charge on any atom is 0.195 e. The summed E-state index contributed by atoms with van der Waals surface area (Å²) in [5.74, 6) is 0.419. The minimum atomic E-state index is 0.416. The van der Waals surface area contributed by atoms with Crippen molar-refractivity contribution in [3.05, 3.63) is 24.0 Å². The van der Waals surface area contributed by atoms with Crippen LogP contribution in [0.1, 0.15) is 10.4 Å². The first-order valence-electron chi connectivity index (χ1n) is 3.31. The third-order valence-electron chi connectivity index (χ3n) is 1.47. The Morgan fingerprint density at radius 2 is 2.50 bits per heavy atom. The molecule has 12 heavy (non-hydrogen) atoms. The number of hydrogen-bond acceptors (Lipinski definition) is 4. The van der Waals surface area contributed by atoms with Gasteiger partial charge in [-0.05, 0) is 6.07 Å². The molecule has 0 unspecified atom stereocenters. The predicted octanol–water partition coefficient (Wildman–Crippen LogP) is 0.877. The summed E-state index contributed by atoms with van der Waals surface area (Å²) >= 11 is 0. The normalized spacial score (nSPS) is 10.0. The van der Waals surface area contributed by atoms with Gasteiger partial charge in [0.25, 0.3) is 0 Å². The highest BCUT2D eigenvalue weighted by atomic mass is 16.5. The van der Waals surface area contributed by atoms with Crippen LogP contribution >= 0.6 is 0 Å². The van der Waals surface area contributed by atoms with Crippen molar-refractivity contribution in [3.8, 4) is 11.5 Å². The Labute approximate surface area is 67.4 Å². The average Bonchev–Trinajstić information content (AvgIpc) is 2.74. The first-order chi connectivity index (χ1) is 5.92.